The summed E-state index contributed by atoms with van der Waals surface area (Å²) in [7, 11) is -6.99. The lowest BCUT2D eigenvalue weighted by Crippen LogP contribution is -2.48. The van der Waals surface area contributed by atoms with Crippen molar-refractivity contribution in [1.29, 1.82) is 0 Å². The second-order valence-corrected chi connectivity index (χ2v) is 9.42. The van der Waals surface area contributed by atoms with E-state index in [1.165, 1.54) is 28.8 Å². The standard InChI is InChI=1S/C14H22N4O5S2/c1-24(20,21)18-9-7-17(8-10-18)6-5-14(19)16-12-3-2-4-13(11-12)25(15,22)23/h2-4,11H,5-10H2,1H3,(H,16,19)(H2,15,22,23). The zero-order valence-electron chi connectivity index (χ0n) is 13.9. The Morgan fingerprint density at radius 3 is 2.36 bits per heavy atom. The summed E-state index contributed by atoms with van der Waals surface area (Å²) in [5, 5.41) is 7.70. The molecule has 2 rings (SSSR count). The lowest BCUT2D eigenvalue weighted by atomic mass is 10.3. The van der Waals surface area contributed by atoms with Crippen LogP contribution in [0.4, 0.5) is 5.69 Å². The molecule has 0 bridgehead atoms. The van der Waals surface area contributed by atoms with Crippen molar-refractivity contribution >= 4 is 31.6 Å². The Morgan fingerprint density at radius 2 is 1.80 bits per heavy atom. The number of nitrogens with zero attached hydrogens (tertiary/aromatic N) is 2. The van der Waals surface area contributed by atoms with Crippen LogP contribution in [0.2, 0.25) is 0 Å². The van der Waals surface area contributed by atoms with Gasteiger partial charge in [0.15, 0.2) is 0 Å². The first-order valence-electron chi connectivity index (χ1n) is 7.66. The van der Waals surface area contributed by atoms with E-state index >= 15 is 0 Å². The summed E-state index contributed by atoms with van der Waals surface area (Å²) in [6.07, 6.45) is 1.41. The summed E-state index contributed by atoms with van der Waals surface area (Å²) in [6, 6.07) is 5.74. The molecule has 3 N–H and O–H groups in total. The first kappa shape index (κ1) is 19.8. The Morgan fingerprint density at radius 1 is 1.16 bits per heavy atom. The van der Waals surface area contributed by atoms with Crippen LogP contribution in [0.3, 0.4) is 0 Å². The van der Waals surface area contributed by atoms with Gasteiger partial charge in [-0.3, -0.25) is 4.79 Å². The van der Waals surface area contributed by atoms with Crippen LogP contribution in [0.5, 0.6) is 0 Å². The fourth-order valence-electron chi connectivity index (χ4n) is 2.52. The SMILES string of the molecule is CS(=O)(=O)N1CCN(CCC(=O)Nc2cccc(S(N)(=O)=O)c2)CC1. The molecule has 0 spiro atoms. The number of rotatable bonds is 6. The number of anilines is 1. The van der Waals surface area contributed by atoms with E-state index in [-0.39, 0.29) is 17.2 Å². The number of sulfonamides is 2. The number of benzene rings is 1. The zero-order valence-corrected chi connectivity index (χ0v) is 15.5. The van der Waals surface area contributed by atoms with Gasteiger partial charge in [-0.1, -0.05) is 6.07 Å². The fourth-order valence-corrected chi connectivity index (χ4v) is 3.90. The molecule has 0 aliphatic carbocycles. The minimum absolute atomic E-state index is 0.0674. The predicted molar refractivity (Wildman–Crippen MR) is 93.9 cm³/mol. The highest BCUT2D eigenvalue weighted by Crippen LogP contribution is 2.14. The summed E-state index contributed by atoms with van der Waals surface area (Å²) in [5.41, 5.74) is 0.360. The molecule has 140 valence electrons. The number of hydrogen-bond acceptors (Lipinski definition) is 6. The fraction of sp³-hybridized carbons (Fsp3) is 0.500. The third kappa shape index (κ3) is 6.04. The lowest BCUT2D eigenvalue weighted by molar-refractivity contribution is -0.116. The summed E-state index contributed by atoms with van der Waals surface area (Å²) in [5.74, 6) is -0.253. The van der Waals surface area contributed by atoms with Gasteiger partial charge < -0.3 is 10.2 Å². The van der Waals surface area contributed by atoms with Crippen LogP contribution < -0.4 is 10.5 Å². The molecule has 0 atom stereocenters. The van der Waals surface area contributed by atoms with E-state index in [2.05, 4.69) is 5.32 Å². The first-order chi connectivity index (χ1) is 11.6. The van der Waals surface area contributed by atoms with E-state index in [1.807, 2.05) is 4.90 Å². The van der Waals surface area contributed by atoms with Crippen LogP contribution >= 0.6 is 0 Å². The molecule has 1 amide bonds. The van der Waals surface area contributed by atoms with Gasteiger partial charge in [0, 0.05) is 44.8 Å². The molecule has 0 unspecified atom stereocenters. The first-order valence-corrected chi connectivity index (χ1v) is 11.1. The highest BCUT2D eigenvalue weighted by Gasteiger charge is 2.23. The average Bonchev–Trinajstić information content (AvgIpc) is 2.52. The van der Waals surface area contributed by atoms with Crippen molar-refractivity contribution in [2.75, 3.05) is 44.3 Å². The van der Waals surface area contributed by atoms with Crippen LogP contribution in [0.1, 0.15) is 6.42 Å². The van der Waals surface area contributed by atoms with Crippen LogP contribution in [0, 0.1) is 0 Å². The van der Waals surface area contributed by atoms with E-state index < -0.39 is 20.0 Å². The summed E-state index contributed by atoms with van der Waals surface area (Å²) >= 11 is 0. The van der Waals surface area contributed by atoms with E-state index in [9.17, 15) is 21.6 Å². The van der Waals surface area contributed by atoms with Gasteiger partial charge in [-0.25, -0.2) is 22.0 Å². The Hall–Kier alpha value is -1.53. The molecule has 1 saturated heterocycles. The van der Waals surface area contributed by atoms with Crippen molar-refractivity contribution in [2.45, 2.75) is 11.3 Å². The number of hydrogen-bond donors (Lipinski definition) is 2. The summed E-state index contributed by atoms with van der Waals surface area (Å²) in [4.78, 5) is 14.0. The molecule has 1 aliphatic rings. The number of nitrogens with one attached hydrogen (secondary N) is 1. The van der Waals surface area contributed by atoms with E-state index in [4.69, 9.17) is 5.14 Å². The largest absolute Gasteiger partial charge is 0.326 e. The van der Waals surface area contributed by atoms with Gasteiger partial charge in [0.05, 0.1) is 11.2 Å². The summed E-state index contributed by atoms with van der Waals surface area (Å²) < 4.78 is 46.9. The van der Waals surface area contributed by atoms with Gasteiger partial charge in [-0.15, -0.1) is 0 Å². The Balaban J connectivity index is 1.82. The molecule has 0 aromatic heterocycles. The molecule has 1 aromatic rings. The van der Waals surface area contributed by atoms with Gasteiger partial charge in [-0.2, -0.15) is 4.31 Å². The zero-order chi connectivity index (χ0) is 18.7. The molecule has 11 heteroatoms. The third-order valence-corrected chi connectivity index (χ3v) is 6.12. The molecule has 0 radical (unpaired) electrons. The quantitative estimate of drug-likeness (QED) is 0.657. The van der Waals surface area contributed by atoms with Crippen molar-refractivity contribution in [3.63, 3.8) is 0 Å². The molecule has 0 saturated carbocycles. The van der Waals surface area contributed by atoms with E-state index in [1.54, 1.807) is 6.07 Å². The third-order valence-electron chi connectivity index (χ3n) is 3.90. The maximum atomic E-state index is 12.0. The van der Waals surface area contributed by atoms with Crippen molar-refractivity contribution < 1.29 is 21.6 Å². The Kier molecular flexibility index (Phi) is 6.16. The second-order valence-electron chi connectivity index (χ2n) is 5.87. The number of carbonyl (C=O) groups is 1. The van der Waals surface area contributed by atoms with Crippen molar-refractivity contribution in [3.05, 3.63) is 24.3 Å². The maximum Gasteiger partial charge on any atom is 0.238 e. The van der Waals surface area contributed by atoms with Crippen molar-refractivity contribution in [3.8, 4) is 0 Å². The highest BCUT2D eigenvalue weighted by atomic mass is 32.2. The lowest BCUT2D eigenvalue weighted by Gasteiger charge is -2.33. The van der Waals surface area contributed by atoms with Crippen molar-refractivity contribution in [2.24, 2.45) is 5.14 Å². The molecular weight excluding hydrogens is 368 g/mol. The molecule has 1 aliphatic heterocycles. The number of nitrogens with two attached hydrogens (primary N) is 1. The molecule has 1 fully saturated rings. The minimum atomic E-state index is -3.82. The normalized spacial score (nSPS) is 17.4. The molecule has 9 nitrogen and oxygen atoms in total. The number of amides is 1. The van der Waals surface area contributed by atoms with Crippen molar-refractivity contribution in [1.82, 2.24) is 9.21 Å². The molecule has 25 heavy (non-hydrogen) atoms. The average molecular weight is 390 g/mol. The summed E-state index contributed by atoms with van der Waals surface area (Å²) in [6.45, 7) is 2.47. The van der Waals surface area contributed by atoms with E-state index in [0.29, 0.717) is 38.4 Å². The Labute approximate surface area is 147 Å². The monoisotopic (exact) mass is 390 g/mol. The Bertz CT molecular complexity index is 831. The van der Waals surface area contributed by atoms with Crippen LogP contribution in [0.15, 0.2) is 29.2 Å². The van der Waals surface area contributed by atoms with Gasteiger partial charge in [0.2, 0.25) is 26.0 Å². The number of piperazine rings is 1. The minimum Gasteiger partial charge on any atom is -0.326 e. The molecule has 1 aromatic carbocycles. The van der Waals surface area contributed by atoms with Crippen LogP contribution in [-0.4, -0.2) is 70.9 Å². The smallest absolute Gasteiger partial charge is 0.238 e. The van der Waals surface area contributed by atoms with Gasteiger partial charge in [0.25, 0.3) is 0 Å². The van der Waals surface area contributed by atoms with Crippen LogP contribution in [-0.2, 0) is 24.8 Å². The highest BCUT2D eigenvalue weighted by molar-refractivity contribution is 7.89. The van der Waals surface area contributed by atoms with Crippen LogP contribution in [0.25, 0.3) is 0 Å². The van der Waals surface area contributed by atoms with Gasteiger partial charge in [-0.05, 0) is 18.2 Å². The van der Waals surface area contributed by atoms with Gasteiger partial charge >= 0.3 is 0 Å². The maximum absolute atomic E-state index is 12.0. The second kappa shape index (κ2) is 7.79. The molecule has 1 heterocycles. The van der Waals surface area contributed by atoms with E-state index in [0.717, 1.165) is 0 Å². The molecular formula is C14H22N4O5S2. The number of carbonyl (C=O) groups excluding carboxylic acids is 1. The number of primary sulfonamides is 1. The topological polar surface area (TPSA) is 130 Å². The van der Waals surface area contributed by atoms with Gasteiger partial charge in [0.1, 0.15) is 0 Å². The predicted octanol–water partition coefficient (Wildman–Crippen LogP) is -0.760.